The van der Waals surface area contributed by atoms with Crippen molar-refractivity contribution in [3.63, 3.8) is 0 Å². The number of anilines is 2. The van der Waals surface area contributed by atoms with Crippen molar-refractivity contribution in [3.05, 3.63) is 11.9 Å². The Morgan fingerprint density at radius 2 is 2.06 bits per heavy atom. The van der Waals surface area contributed by atoms with Gasteiger partial charge in [0, 0.05) is 12.6 Å². The smallest absolute Gasteiger partial charge is 0.145 e. The van der Waals surface area contributed by atoms with Crippen LogP contribution in [0.2, 0.25) is 0 Å². The number of aryl methyl sites for hydroxylation is 1. The zero-order chi connectivity index (χ0) is 12.8. The molecule has 0 amide bonds. The maximum Gasteiger partial charge on any atom is 0.145 e. The Hall–Kier alpha value is -1.40. The standard InChI is InChI=1S/C12H21N5O/c1-9-15-11(8-12(16-9)17-13)14-6-7-18-10-4-2-3-5-10/h8,10H,2-7,13H2,1H3,(H2,14,15,16,17). The third-order valence-electron chi connectivity index (χ3n) is 3.05. The number of ether oxygens (including phenoxy) is 1. The molecule has 1 saturated carbocycles. The second-order valence-corrected chi connectivity index (χ2v) is 4.53. The maximum atomic E-state index is 5.77. The average Bonchev–Trinajstić information content (AvgIpc) is 2.87. The summed E-state index contributed by atoms with van der Waals surface area (Å²) in [7, 11) is 0. The lowest BCUT2D eigenvalue weighted by atomic mass is 10.3. The molecule has 0 bridgehead atoms. The van der Waals surface area contributed by atoms with E-state index in [0.29, 0.717) is 24.4 Å². The van der Waals surface area contributed by atoms with E-state index in [1.54, 1.807) is 6.07 Å². The molecule has 6 heteroatoms. The number of hydrogen-bond acceptors (Lipinski definition) is 6. The van der Waals surface area contributed by atoms with Crippen LogP contribution in [0.5, 0.6) is 0 Å². The van der Waals surface area contributed by atoms with Crippen LogP contribution in [0.15, 0.2) is 6.07 Å². The minimum atomic E-state index is 0.459. The van der Waals surface area contributed by atoms with Crippen molar-refractivity contribution in [1.82, 2.24) is 9.97 Å². The van der Waals surface area contributed by atoms with Crippen LogP contribution >= 0.6 is 0 Å². The van der Waals surface area contributed by atoms with Crippen molar-refractivity contribution in [1.29, 1.82) is 0 Å². The van der Waals surface area contributed by atoms with Gasteiger partial charge in [0.2, 0.25) is 0 Å². The van der Waals surface area contributed by atoms with Gasteiger partial charge in [-0.25, -0.2) is 15.8 Å². The van der Waals surface area contributed by atoms with Crippen LogP contribution in [-0.2, 0) is 4.74 Å². The van der Waals surface area contributed by atoms with Gasteiger partial charge in [-0.1, -0.05) is 12.8 Å². The van der Waals surface area contributed by atoms with Crippen molar-refractivity contribution >= 4 is 11.6 Å². The van der Waals surface area contributed by atoms with E-state index in [0.717, 1.165) is 12.4 Å². The van der Waals surface area contributed by atoms with Crippen LogP contribution in [0.25, 0.3) is 0 Å². The van der Waals surface area contributed by atoms with Crippen molar-refractivity contribution in [2.75, 3.05) is 23.9 Å². The molecule has 0 atom stereocenters. The van der Waals surface area contributed by atoms with E-state index in [-0.39, 0.29) is 0 Å². The number of aromatic nitrogens is 2. The molecule has 0 unspecified atom stereocenters. The largest absolute Gasteiger partial charge is 0.376 e. The summed E-state index contributed by atoms with van der Waals surface area (Å²) in [6, 6.07) is 1.78. The van der Waals surface area contributed by atoms with Crippen LogP contribution in [0, 0.1) is 6.92 Å². The fourth-order valence-corrected chi connectivity index (χ4v) is 2.19. The quantitative estimate of drug-likeness (QED) is 0.403. The number of hydrazine groups is 1. The van der Waals surface area contributed by atoms with Crippen LogP contribution in [0.1, 0.15) is 31.5 Å². The fraction of sp³-hybridized carbons (Fsp3) is 0.667. The number of nitrogens with two attached hydrogens (primary N) is 1. The molecular formula is C12H21N5O. The third kappa shape index (κ3) is 3.82. The van der Waals surface area contributed by atoms with Gasteiger partial charge >= 0.3 is 0 Å². The van der Waals surface area contributed by atoms with Gasteiger partial charge in [-0.2, -0.15) is 0 Å². The molecule has 1 aromatic heterocycles. The molecule has 0 spiro atoms. The lowest BCUT2D eigenvalue weighted by molar-refractivity contribution is 0.0658. The number of hydrogen-bond donors (Lipinski definition) is 3. The Kier molecular flexibility index (Phi) is 4.72. The van der Waals surface area contributed by atoms with Crippen molar-refractivity contribution in [2.24, 2.45) is 5.84 Å². The first-order chi connectivity index (χ1) is 8.78. The first kappa shape index (κ1) is 13.0. The summed E-state index contributed by atoms with van der Waals surface area (Å²) in [5, 5.41) is 3.21. The molecule has 0 radical (unpaired) electrons. The molecule has 6 nitrogen and oxygen atoms in total. The van der Waals surface area contributed by atoms with Crippen LogP contribution in [0.4, 0.5) is 11.6 Å². The molecule has 1 aromatic rings. The molecular weight excluding hydrogens is 230 g/mol. The zero-order valence-corrected chi connectivity index (χ0v) is 10.8. The second kappa shape index (κ2) is 6.51. The van der Waals surface area contributed by atoms with Crippen LogP contribution in [-0.4, -0.2) is 29.2 Å². The van der Waals surface area contributed by atoms with Gasteiger partial charge in [-0.3, -0.25) is 0 Å². The van der Waals surface area contributed by atoms with E-state index in [4.69, 9.17) is 10.6 Å². The monoisotopic (exact) mass is 251 g/mol. The van der Waals surface area contributed by atoms with E-state index in [1.807, 2.05) is 6.92 Å². The molecule has 1 aliphatic rings. The minimum Gasteiger partial charge on any atom is -0.376 e. The first-order valence-corrected chi connectivity index (χ1v) is 6.45. The summed E-state index contributed by atoms with van der Waals surface area (Å²) in [5.74, 6) is 7.40. The van der Waals surface area contributed by atoms with Gasteiger partial charge in [0.1, 0.15) is 17.5 Å². The summed E-state index contributed by atoms with van der Waals surface area (Å²) in [6.45, 7) is 3.29. The molecule has 100 valence electrons. The summed E-state index contributed by atoms with van der Waals surface area (Å²) in [6.07, 6.45) is 5.46. The molecule has 1 fully saturated rings. The minimum absolute atomic E-state index is 0.459. The maximum absolute atomic E-state index is 5.77. The molecule has 2 rings (SSSR count). The summed E-state index contributed by atoms with van der Waals surface area (Å²) >= 11 is 0. The van der Waals surface area contributed by atoms with Crippen molar-refractivity contribution in [2.45, 2.75) is 38.7 Å². The average molecular weight is 251 g/mol. The Morgan fingerprint density at radius 3 is 2.78 bits per heavy atom. The highest BCUT2D eigenvalue weighted by molar-refractivity contribution is 5.46. The van der Waals surface area contributed by atoms with Crippen molar-refractivity contribution < 1.29 is 4.74 Å². The number of rotatable bonds is 6. The van der Waals surface area contributed by atoms with E-state index in [2.05, 4.69) is 20.7 Å². The Labute approximate surface area is 107 Å². The molecule has 0 aliphatic heterocycles. The predicted molar refractivity (Wildman–Crippen MR) is 71.3 cm³/mol. The highest BCUT2D eigenvalue weighted by atomic mass is 16.5. The third-order valence-corrected chi connectivity index (χ3v) is 3.05. The van der Waals surface area contributed by atoms with Crippen LogP contribution < -0.4 is 16.6 Å². The van der Waals surface area contributed by atoms with E-state index in [1.165, 1.54) is 25.7 Å². The zero-order valence-electron chi connectivity index (χ0n) is 10.8. The van der Waals surface area contributed by atoms with Gasteiger partial charge in [-0.05, 0) is 19.8 Å². The highest BCUT2D eigenvalue weighted by Gasteiger charge is 2.14. The van der Waals surface area contributed by atoms with E-state index >= 15 is 0 Å². The summed E-state index contributed by atoms with van der Waals surface area (Å²) < 4.78 is 5.77. The SMILES string of the molecule is Cc1nc(NN)cc(NCCOC2CCCC2)n1. The van der Waals surface area contributed by atoms with Gasteiger partial charge in [0.15, 0.2) is 0 Å². The van der Waals surface area contributed by atoms with Gasteiger partial charge < -0.3 is 15.5 Å². The molecule has 18 heavy (non-hydrogen) atoms. The number of nitrogens with zero attached hydrogens (tertiary/aromatic N) is 2. The summed E-state index contributed by atoms with van der Waals surface area (Å²) in [5.41, 5.74) is 2.52. The van der Waals surface area contributed by atoms with Crippen LogP contribution in [0.3, 0.4) is 0 Å². The number of nitrogen functional groups attached to an aromatic ring is 1. The Balaban J connectivity index is 1.73. The molecule has 0 saturated heterocycles. The summed E-state index contributed by atoms with van der Waals surface area (Å²) in [4.78, 5) is 8.40. The molecule has 1 aliphatic carbocycles. The van der Waals surface area contributed by atoms with Crippen molar-refractivity contribution in [3.8, 4) is 0 Å². The van der Waals surface area contributed by atoms with Gasteiger partial charge in [0.05, 0.1) is 12.7 Å². The molecule has 1 heterocycles. The lowest BCUT2D eigenvalue weighted by Gasteiger charge is -2.12. The Bertz CT molecular complexity index is 379. The van der Waals surface area contributed by atoms with E-state index in [9.17, 15) is 0 Å². The Morgan fingerprint density at radius 1 is 1.33 bits per heavy atom. The normalized spacial score (nSPS) is 15.9. The van der Waals surface area contributed by atoms with E-state index < -0.39 is 0 Å². The first-order valence-electron chi connectivity index (χ1n) is 6.45. The lowest BCUT2D eigenvalue weighted by Crippen LogP contribution is -2.17. The molecule has 0 aromatic carbocycles. The fourth-order valence-electron chi connectivity index (χ4n) is 2.19. The number of nitrogens with one attached hydrogen (secondary N) is 2. The predicted octanol–water partition coefficient (Wildman–Crippen LogP) is 1.44. The molecule has 4 N–H and O–H groups in total. The highest BCUT2D eigenvalue weighted by Crippen LogP contribution is 2.20. The van der Waals surface area contributed by atoms with Gasteiger partial charge in [-0.15, -0.1) is 0 Å². The second-order valence-electron chi connectivity index (χ2n) is 4.53. The topological polar surface area (TPSA) is 85.1 Å². The van der Waals surface area contributed by atoms with Gasteiger partial charge in [0.25, 0.3) is 0 Å².